The summed E-state index contributed by atoms with van der Waals surface area (Å²) in [6, 6.07) is 4.24. The molecule has 0 aromatic heterocycles. The van der Waals surface area contributed by atoms with Crippen LogP contribution in [0.3, 0.4) is 0 Å². The van der Waals surface area contributed by atoms with Crippen LogP contribution in [0.15, 0.2) is 29.2 Å². The van der Waals surface area contributed by atoms with Crippen molar-refractivity contribution in [1.29, 1.82) is 0 Å². The van der Waals surface area contributed by atoms with Gasteiger partial charge in [0, 0.05) is 6.54 Å². The molecule has 2 rings (SSSR count). The highest BCUT2D eigenvalue weighted by Gasteiger charge is 2.37. The fourth-order valence-corrected chi connectivity index (χ4v) is 3.99. The number of nitrogens with two attached hydrogens (primary N) is 1. The van der Waals surface area contributed by atoms with E-state index in [1.807, 2.05) is 0 Å². The minimum Gasteiger partial charge on any atom is -0.368 e. The standard InChI is InChI=1S/C12H15FN2O3S/c13-9-5-1-2-7-11(9)19(17,18)15-8-4-3-6-10(15)12(14)16/h1-2,5,7,10H,3-4,6,8H2,(H2,14,16)/t10-/m1/s1. The second-order valence-corrected chi connectivity index (χ2v) is 6.32. The summed E-state index contributed by atoms with van der Waals surface area (Å²) in [6.07, 6.45) is 1.75. The van der Waals surface area contributed by atoms with E-state index in [1.165, 1.54) is 18.2 Å². The highest BCUT2D eigenvalue weighted by Crippen LogP contribution is 2.26. The Hall–Kier alpha value is -1.47. The first-order chi connectivity index (χ1) is 8.94. The van der Waals surface area contributed by atoms with Crippen molar-refractivity contribution in [1.82, 2.24) is 4.31 Å². The Kier molecular flexibility index (Phi) is 3.86. The molecule has 1 amide bonds. The SMILES string of the molecule is NC(=O)[C@H]1CCCCN1S(=O)(=O)c1ccccc1F. The molecule has 0 saturated carbocycles. The van der Waals surface area contributed by atoms with Gasteiger partial charge in [-0.05, 0) is 25.0 Å². The number of rotatable bonds is 3. The van der Waals surface area contributed by atoms with Gasteiger partial charge in [-0.1, -0.05) is 18.6 Å². The number of primary amides is 1. The van der Waals surface area contributed by atoms with Crippen LogP contribution in [0.4, 0.5) is 4.39 Å². The molecule has 1 aliphatic heterocycles. The van der Waals surface area contributed by atoms with Crippen molar-refractivity contribution in [2.45, 2.75) is 30.2 Å². The summed E-state index contributed by atoms with van der Waals surface area (Å²) in [6.45, 7) is 0.185. The number of hydrogen-bond donors (Lipinski definition) is 1. The van der Waals surface area contributed by atoms with Crippen LogP contribution in [0, 0.1) is 5.82 Å². The van der Waals surface area contributed by atoms with Crippen molar-refractivity contribution in [3.05, 3.63) is 30.1 Å². The molecule has 0 aliphatic carbocycles. The number of carbonyl (C=O) groups is 1. The Morgan fingerprint density at radius 1 is 1.32 bits per heavy atom. The Morgan fingerprint density at radius 3 is 2.63 bits per heavy atom. The number of amides is 1. The molecular weight excluding hydrogens is 271 g/mol. The third-order valence-electron chi connectivity index (χ3n) is 3.21. The molecule has 0 radical (unpaired) electrons. The maximum atomic E-state index is 13.6. The van der Waals surface area contributed by atoms with Crippen molar-refractivity contribution >= 4 is 15.9 Å². The largest absolute Gasteiger partial charge is 0.368 e. The average Bonchev–Trinajstić information content (AvgIpc) is 2.39. The summed E-state index contributed by atoms with van der Waals surface area (Å²) >= 11 is 0. The van der Waals surface area contributed by atoms with E-state index in [9.17, 15) is 17.6 Å². The summed E-state index contributed by atoms with van der Waals surface area (Å²) in [4.78, 5) is 10.9. The normalized spacial score (nSPS) is 21.2. The second kappa shape index (κ2) is 5.26. The lowest BCUT2D eigenvalue weighted by Crippen LogP contribution is -2.50. The fraction of sp³-hybridized carbons (Fsp3) is 0.417. The lowest BCUT2D eigenvalue weighted by molar-refractivity contribution is -0.122. The van der Waals surface area contributed by atoms with Gasteiger partial charge in [-0.2, -0.15) is 4.31 Å². The minimum atomic E-state index is -4.03. The highest BCUT2D eigenvalue weighted by atomic mass is 32.2. The molecule has 2 N–H and O–H groups in total. The molecule has 104 valence electrons. The smallest absolute Gasteiger partial charge is 0.246 e. The number of sulfonamides is 1. The number of hydrogen-bond acceptors (Lipinski definition) is 3. The van der Waals surface area contributed by atoms with E-state index in [-0.39, 0.29) is 6.54 Å². The molecule has 5 nitrogen and oxygen atoms in total. The Labute approximate surface area is 111 Å². The van der Waals surface area contributed by atoms with Gasteiger partial charge in [0.05, 0.1) is 0 Å². The second-order valence-electron chi connectivity index (χ2n) is 4.46. The molecule has 1 aromatic rings. The van der Waals surface area contributed by atoms with Gasteiger partial charge in [-0.15, -0.1) is 0 Å². The fourth-order valence-electron chi connectivity index (χ4n) is 2.26. The first kappa shape index (κ1) is 14.0. The van der Waals surface area contributed by atoms with E-state index in [0.717, 1.165) is 16.8 Å². The van der Waals surface area contributed by atoms with Gasteiger partial charge in [-0.25, -0.2) is 12.8 Å². The number of nitrogens with zero attached hydrogens (tertiary/aromatic N) is 1. The van der Waals surface area contributed by atoms with Crippen LogP contribution in [0.1, 0.15) is 19.3 Å². The summed E-state index contributed by atoms with van der Waals surface area (Å²) in [5.74, 6) is -1.52. The maximum Gasteiger partial charge on any atom is 0.246 e. The van der Waals surface area contributed by atoms with Crippen LogP contribution in [0.5, 0.6) is 0 Å². The van der Waals surface area contributed by atoms with Crippen LogP contribution in [0.25, 0.3) is 0 Å². The molecule has 1 aromatic carbocycles. The number of carbonyl (C=O) groups excluding carboxylic acids is 1. The van der Waals surface area contributed by atoms with Crippen molar-refractivity contribution in [3.63, 3.8) is 0 Å². The van der Waals surface area contributed by atoms with Crippen molar-refractivity contribution in [2.75, 3.05) is 6.54 Å². The average molecular weight is 286 g/mol. The van der Waals surface area contributed by atoms with Gasteiger partial charge >= 0.3 is 0 Å². The van der Waals surface area contributed by atoms with Crippen molar-refractivity contribution in [2.24, 2.45) is 5.73 Å². The van der Waals surface area contributed by atoms with Gasteiger partial charge in [0.15, 0.2) is 0 Å². The number of piperidine rings is 1. The summed E-state index contributed by atoms with van der Waals surface area (Å²) in [5.41, 5.74) is 5.23. The van der Waals surface area contributed by atoms with Gasteiger partial charge in [0.25, 0.3) is 0 Å². The van der Waals surface area contributed by atoms with E-state index >= 15 is 0 Å². The van der Waals surface area contributed by atoms with E-state index in [1.54, 1.807) is 0 Å². The molecule has 1 saturated heterocycles. The Balaban J connectivity index is 2.43. The topological polar surface area (TPSA) is 80.5 Å². The molecule has 0 unspecified atom stereocenters. The molecule has 1 heterocycles. The third-order valence-corrected chi connectivity index (χ3v) is 5.15. The Morgan fingerprint density at radius 2 is 2.00 bits per heavy atom. The summed E-state index contributed by atoms with van der Waals surface area (Å²) < 4.78 is 39.5. The predicted molar refractivity (Wildman–Crippen MR) is 67.1 cm³/mol. The summed E-state index contributed by atoms with van der Waals surface area (Å²) in [7, 11) is -4.03. The molecule has 1 aliphatic rings. The maximum absolute atomic E-state index is 13.6. The lowest BCUT2D eigenvalue weighted by atomic mass is 10.0. The van der Waals surface area contributed by atoms with Crippen LogP contribution in [0.2, 0.25) is 0 Å². The predicted octanol–water partition coefficient (Wildman–Crippen LogP) is 0.854. The zero-order valence-electron chi connectivity index (χ0n) is 10.3. The third kappa shape index (κ3) is 2.62. The van der Waals surface area contributed by atoms with E-state index in [4.69, 9.17) is 5.73 Å². The molecule has 0 bridgehead atoms. The minimum absolute atomic E-state index is 0.185. The molecule has 19 heavy (non-hydrogen) atoms. The van der Waals surface area contributed by atoms with Gasteiger partial charge in [-0.3, -0.25) is 4.79 Å². The van der Waals surface area contributed by atoms with Gasteiger partial charge in [0.2, 0.25) is 15.9 Å². The first-order valence-corrected chi connectivity index (χ1v) is 7.44. The first-order valence-electron chi connectivity index (χ1n) is 6.00. The van der Waals surface area contributed by atoms with Crippen molar-refractivity contribution < 1.29 is 17.6 Å². The molecule has 7 heteroatoms. The zero-order valence-corrected chi connectivity index (χ0v) is 11.1. The quantitative estimate of drug-likeness (QED) is 0.894. The van der Waals surface area contributed by atoms with Crippen LogP contribution < -0.4 is 5.73 Å². The van der Waals surface area contributed by atoms with E-state index < -0.39 is 32.7 Å². The van der Waals surface area contributed by atoms with Crippen molar-refractivity contribution in [3.8, 4) is 0 Å². The van der Waals surface area contributed by atoms with Crippen LogP contribution in [-0.4, -0.2) is 31.2 Å². The summed E-state index contributed by atoms with van der Waals surface area (Å²) in [5, 5.41) is 0. The van der Waals surface area contributed by atoms with Crippen LogP contribution in [-0.2, 0) is 14.8 Å². The van der Waals surface area contributed by atoms with Gasteiger partial charge in [0.1, 0.15) is 16.8 Å². The number of benzene rings is 1. The molecular formula is C12H15FN2O3S. The number of halogens is 1. The Bertz CT molecular complexity index is 588. The van der Waals surface area contributed by atoms with E-state index in [0.29, 0.717) is 12.8 Å². The van der Waals surface area contributed by atoms with E-state index in [2.05, 4.69) is 0 Å². The highest BCUT2D eigenvalue weighted by molar-refractivity contribution is 7.89. The van der Waals surface area contributed by atoms with Crippen LogP contribution >= 0.6 is 0 Å². The van der Waals surface area contributed by atoms with Gasteiger partial charge < -0.3 is 5.73 Å². The molecule has 1 fully saturated rings. The zero-order chi connectivity index (χ0) is 14.0. The monoisotopic (exact) mass is 286 g/mol. The molecule has 1 atom stereocenters. The molecule has 0 spiro atoms. The lowest BCUT2D eigenvalue weighted by Gasteiger charge is -2.32.